The van der Waals surface area contributed by atoms with Crippen molar-refractivity contribution in [3.8, 4) is 0 Å². The molecule has 2 amide bonds. The van der Waals surface area contributed by atoms with Gasteiger partial charge in [0.1, 0.15) is 5.82 Å². The monoisotopic (exact) mass is 321 g/mol. The predicted octanol–water partition coefficient (Wildman–Crippen LogP) is 1.91. The van der Waals surface area contributed by atoms with Crippen LogP contribution in [0.25, 0.3) is 0 Å². The van der Waals surface area contributed by atoms with Crippen molar-refractivity contribution in [2.45, 2.75) is 26.2 Å². The number of hydrogen-bond donors (Lipinski definition) is 3. The van der Waals surface area contributed by atoms with Crippen LogP contribution in [0.1, 0.15) is 26.2 Å². The van der Waals surface area contributed by atoms with Crippen LogP contribution in [-0.4, -0.2) is 31.4 Å². The molecular weight excluding hydrogens is 297 g/mol. The normalized spacial score (nSPS) is 16.6. The van der Waals surface area contributed by atoms with Crippen LogP contribution in [0, 0.1) is 17.7 Å². The molecule has 1 aromatic rings. The lowest BCUT2D eigenvalue weighted by atomic mass is 9.84. The zero-order valence-corrected chi connectivity index (χ0v) is 13.4. The Morgan fingerprint density at radius 1 is 1.30 bits per heavy atom. The van der Waals surface area contributed by atoms with Crippen LogP contribution >= 0.6 is 0 Å². The van der Waals surface area contributed by atoms with E-state index in [0.29, 0.717) is 23.9 Å². The number of rotatable bonds is 6. The lowest BCUT2D eigenvalue weighted by Crippen LogP contribution is -2.36. The van der Waals surface area contributed by atoms with E-state index in [4.69, 9.17) is 0 Å². The summed E-state index contributed by atoms with van der Waals surface area (Å²) < 4.78 is 13.0. The number of benzene rings is 1. The van der Waals surface area contributed by atoms with Gasteiger partial charge in [0.25, 0.3) is 0 Å². The fourth-order valence-electron chi connectivity index (χ4n) is 2.89. The van der Waals surface area contributed by atoms with E-state index in [1.165, 1.54) is 18.2 Å². The fraction of sp³-hybridized carbons (Fsp3) is 0.529. The summed E-state index contributed by atoms with van der Waals surface area (Å²) in [7, 11) is 0. The van der Waals surface area contributed by atoms with Crippen LogP contribution in [-0.2, 0) is 9.59 Å². The molecule has 1 aromatic carbocycles. The van der Waals surface area contributed by atoms with Crippen molar-refractivity contribution in [1.29, 1.82) is 0 Å². The van der Waals surface area contributed by atoms with Crippen LogP contribution in [0.2, 0.25) is 0 Å². The van der Waals surface area contributed by atoms with Crippen molar-refractivity contribution in [3.63, 3.8) is 0 Å². The standard InChI is InChI=1S/C17H24FN3O2/c1-12(13-5-7-19-8-6-13)9-16(22)20-11-17(23)21-15-4-2-3-14(18)10-15/h2-4,10,12-13,19H,5-9,11H2,1H3,(H,20,22)(H,21,23). The van der Waals surface area contributed by atoms with Gasteiger partial charge in [0, 0.05) is 12.1 Å². The van der Waals surface area contributed by atoms with Crippen LogP contribution in [0.15, 0.2) is 24.3 Å². The zero-order valence-electron chi connectivity index (χ0n) is 13.4. The van der Waals surface area contributed by atoms with Gasteiger partial charge in [-0.1, -0.05) is 13.0 Å². The number of carbonyl (C=O) groups is 2. The Kier molecular flexibility index (Phi) is 6.52. The maximum Gasteiger partial charge on any atom is 0.243 e. The molecule has 1 fully saturated rings. The summed E-state index contributed by atoms with van der Waals surface area (Å²) in [5, 5.41) is 8.49. The van der Waals surface area contributed by atoms with Gasteiger partial charge in [0.05, 0.1) is 6.54 Å². The molecule has 0 saturated carbocycles. The van der Waals surface area contributed by atoms with Crippen LogP contribution in [0.3, 0.4) is 0 Å². The maximum absolute atomic E-state index is 13.0. The average Bonchev–Trinajstić information content (AvgIpc) is 2.54. The van der Waals surface area contributed by atoms with Gasteiger partial charge in [-0.05, 0) is 56.0 Å². The Bertz CT molecular complexity index is 544. The molecule has 1 unspecified atom stereocenters. The molecule has 0 aromatic heterocycles. The highest BCUT2D eigenvalue weighted by Crippen LogP contribution is 2.24. The van der Waals surface area contributed by atoms with Crippen LogP contribution < -0.4 is 16.0 Å². The highest BCUT2D eigenvalue weighted by molar-refractivity contribution is 5.94. The summed E-state index contributed by atoms with van der Waals surface area (Å²) in [6.45, 7) is 4.00. The van der Waals surface area contributed by atoms with Crippen LogP contribution in [0.5, 0.6) is 0 Å². The van der Waals surface area contributed by atoms with E-state index in [9.17, 15) is 14.0 Å². The lowest BCUT2D eigenvalue weighted by molar-refractivity contribution is -0.125. The third-order valence-corrected chi connectivity index (χ3v) is 4.25. The first kappa shape index (κ1) is 17.4. The number of halogens is 1. The van der Waals surface area contributed by atoms with Crippen molar-refractivity contribution in [2.24, 2.45) is 11.8 Å². The fourth-order valence-corrected chi connectivity index (χ4v) is 2.89. The molecule has 126 valence electrons. The molecule has 2 rings (SSSR count). The predicted molar refractivity (Wildman–Crippen MR) is 87.4 cm³/mol. The van der Waals surface area contributed by atoms with Gasteiger partial charge in [-0.15, -0.1) is 0 Å². The van der Waals surface area contributed by atoms with Gasteiger partial charge in [0.15, 0.2) is 0 Å². The van der Waals surface area contributed by atoms with E-state index in [-0.39, 0.29) is 18.4 Å². The first-order valence-electron chi connectivity index (χ1n) is 8.07. The second kappa shape index (κ2) is 8.62. The maximum atomic E-state index is 13.0. The van der Waals surface area contributed by atoms with Gasteiger partial charge >= 0.3 is 0 Å². The molecule has 3 N–H and O–H groups in total. The number of carbonyl (C=O) groups excluding carboxylic acids is 2. The highest BCUT2D eigenvalue weighted by Gasteiger charge is 2.22. The Labute approximate surface area is 136 Å². The number of piperidine rings is 1. The molecule has 1 saturated heterocycles. The number of anilines is 1. The highest BCUT2D eigenvalue weighted by atomic mass is 19.1. The number of nitrogens with one attached hydrogen (secondary N) is 3. The molecular formula is C17H24FN3O2. The summed E-state index contributed by atoms with van der Waals surface area (Å²) in [6, 6.07) is 5.66. The second-order valence-electron chi connectivity index (χ2n) is 6.10. The molecule has 0 bridgehead atoms. The summed E-state index contributed by atoms with van der Waals surface area (Å²) in [6.07, 6.45) is 2.61. The lowest BCUT2D eigenvalue weighted by Gasteiger charge is -2.27. The molecule has 23 heavy (non-hydrogen) atoms. The van der Waals surface area contributed by atoms with Crippen molar-refractivity contribution < 1.29 is 14.0 Å². The van der Waals surface area contributed by atoms with Gasteiger partial charge in [-0.2, -0.15) is 0 Å². The quantitative estimate of drug-likeness (QED) is 0.749. The minimum Gasteiger partial charge on any atom is -0.347 e. The van der Waals surface area contributed by atoms with E-state index in [1.54, 1.807) is 6.07 Å². The third-order valence-electron chi connectivity index (χ3n) is 4.25. The summed E-state index contributed by atoms with van der Waals surface area (Å²) >= 11 is 0. The topological polar surface area (TPSA) is 70.2 Å². The minimum absolute atomic E-state index is 0.103. The zero-order chi connectivity index (χ0) is 16.7. The van der Waals surface area contributed by atoms with Gasteiger partial charge < -0.3 is 16.0 Å². The van der Waals surface area contributed by atoms with Gasteiger partial charge in [-0.3, -0.25) is 9.59 Å². The first-order valence-corrected chi connectivity index (χ1v) is 8.07. The molecule has 1 atom stereocenters. The Hall–Kier alpha value is -1.95. The molecule has 1 heterocycles. The average molecular weight is 321 g/mol. The number of hydrogen-bond acceptors (Lipinski definition) is 3. The minimum atomic E-state index is -0.414. The third kappa shape index (κ3) is 5.98. The van der Waals surface area contributed by atoms with E-state index >= 15 is 0 Å². The van der Waals surface area contributed by atoms with Crippen molar-refractivity contribution in [1.82, 2.24) is 10.6 Å². The molecule has 0 radical (unpaired) electrons. The van der Waals surface area contributed by atoms with Crippen molar-refractivity contribution in [2.75, 3.05) is 25.0 Å². The summed E-state index contributed by atoms with van der Waals surface area (Å²) in [5.74, 6) is -0.0296. The molecule has 0 spiro atoms. The first-order chi connectivity index (χ1) is 11.0. The largest absolute Gasteiger partial charge is 0.347 e. The van der Waals surface area contributed by atoms with Gasteiger partial charge in [-0.25, -0.2) is 4.39 Å². The molecule has 0 aliphatic carbocycles. The van der Waals surface area contributed by atoms with Crippen molar-refractivity contribution >= 4 is 17.5 Å². The van der Waals surface area contributed by atoms with Crippen LogP contribution in [0.4, 0.5) is 10.1 Å². The Morgan fingerprint density at radius 3 is 2.74 bits per heavy atom. The summed E-state index contributed by atoms with van der Waals surface area (Å²) in [5.41, 5.74) is 0.382. The Morgan fingerprint density at radius 2 is 2.04 bits per heavy atom. The van der Waals surface area contributed by atoms with E-state index in [1.807, 2.05) is 0 Å². The van der Waals surface area contributed by atoms with E-state index in [0.717, 1.165) is 25.9 Å². The molecule has 6 heteroatoms. The molecule has 1 aliphatic rings. The summed E-state index contributed by atoms with van der Waals surface area (Å²) in [4.78, 5) is 23.7. The van der Waals surface area contributed by atoms with Crippen molar-refractivity contribution in [3.05, 3.63) is 30.1 Å². The smallest absolute Gasteiger partial charge is 0.243 e. The Balaban J connectivity index is 1.70. The second-order valence-corrected chi connectivity index (χ2v) is 6.10. The van der Waals surface area contributed by atoms with Gasteiger partial charge in [0.2, 0.25) is 11.8 Å². The van der Waals surface area contributed by atoms with E-state index in [2.05, 4.69) is 22.9 Å². The molecule has 5 nitrogen and oxygen atoms in total. The number of amides is 2. The molecule has 1 aliphatic heterocycles. The SMILES string of the molecule is CC(CC(=O)NCC(=O)Nc1cccc(F)c1)C1CCNCC1. The van der Waals surface area contributed by atoms with E-state index < -0.39 is 5.82 Å².